The van der Waals surface area contributed by atoms with E-state index in [9.17, 15) is 27.6 Å². The first kappa shape index (κ1) is 24.5. The number of sulfonamides is 1. The van der Waals surface area contributed by atoms with E-state index in [1.54, 1.807) is 12.1 Å². The third-order valence-electron chi connectivity index (χ3n) is 4.97. The van der Waals surface area contributed by atoms with Gasteiger partial charge in [-0.25, -0.2) is 22.7 Å². The minimum absolute atomic E-state index is 0.0302. The van der Waals surface area contributed by atoms with Crippen LogP contribution in [0.5, 0.6) is 0 Å². The van der Waals surface area contributed by atoms with Crippen LogP contribution >= 0.6 is 0 Å². The lowest BCUT2D eigenvalue weighted by atomic mass is 10.2. The maximum Gasteiger partial charge on any atom is 0.373 e. The highest BCUT2D eigenvalue weighted by molar-refractivity contribution is 7.90. The van der Waals surface area contributed by atoms with E-state index in [4.69, 9.17) is 8.83 Å². The third kappa shape index (κ3) is 5.05. The SMILES string of the molecule is COC(=O)c1ccc(CN2C(=O)N/C(=C\c3ccc(-c4ccc(S(=O)(=O)NC(C)=O)cc4)o3)C2=O)o1. The summed E-state index contributed by atoms with van der Waals surface area (Å²) in [6, 6.07) is 11.0. The van der Waals surface area contributed by atoms with Crippen LogP contribution in [-0.4, -0.2) is 44.2 Å². The lowest BCUT2D eigenvalue weighted by Gasteiger charge is -2.09. The van der Waals surface area contributed by atoms with Gasteiger partial charge in [-0.3, -0.25) is 14.5 Å². The molecule has 13 heteroatoms. The quantitative estimate of drug-likeness (QED) is 0.274. The normalized spacial score (nSPS) is 14.7. The van der Waals surface area contributed by atoms with Crippen LogP contribution in [0.1, 0.15) is 29.0 Å². The van der Waals surface area contributed by atoms with Crippen molar-refractivity contribution in [3.8, 4) is 11.3 Å². The number of benzene rings is 1. The van der Waals surface area contributed by atoms with Crippen molar-refractivity contribution in [3.63, 3.8) is 0 Å². The van der Waals surface area contributed by atoms with Crippen LogP contribution in [0, 0.1) is 0 Å². The fourth-order valence-electron chi connectivity index (χ4n) is 3.32. The molecule has 1 aliphatic heterocycles. The van der Waals surface area contributed by atoms with Crippen LogP contribution in [0.4, 0.5) is 4.79 Å². The summed E-state index contributed by atoms with van der Waals surface area (Å²) in [5.74, 6) is -1.21. The Morgan fingerprint density at radius 2 is 1.78 bits per heavy atom. The van der Waals surface area contributed by atoms with E-state index in [1.165, 1.54) is 49.6 Å². The second-order valence-corrected chi connectivity index (χ2v) is 9.21. The number of methoxy groups -OCH3 is 1. The maximum atomic E-state index is 12.7. The first-order valence-electron chi connectivity index (χ1n) is 10.3. The highest BCUT2D eigenvalue weighted by atomic mass is 32.2. The van der Waals surface area contributed by atoms with Crippen molar-refractivity contribution in [2.75, 3.05) is 7.11 Å². The van der Waals surface area contributed by atoms with Crippen molar-refractivity contribution in [2.45, 2.75) is 18.4 Å². The Kier molecular flexibility index (Phi) is 6.49. The molecule has 0 atom stereocenters. The number of amides is 4. The number of nitrogens with zero attached hydrogens (tertiary/aromatic N) is 1. The molecule has 2 aromatic heterocycles. The molecule has 1 aromatic carbocycles. The Bertz CT molecular complexity index is 1500. The van der Waals surface area contributed by atoms with Crippen molar-refractivity contribution in [3.05, 3.63) is 71.5 Å². The van der Waals surface area contributed by atoms with Crippen LogP contribution < -0.4 is 10.0 Å². The van der Waals surface area contributed by atoms with Gasteiger partial charge < -0.3 is 18.9 Å². The molecule has 36 heavy (non-hydrogen) atoms. The molecule has 1 saturated heterocycles. The van der Waals surface area contributed by atoms with Crippen molar-refractivity contribution < 1.29 is 41.2 Å². The van der Waals surface area contributed by atoms with Gasteiger partial charge in [0, 0.05) is 18.6 Å². The molecule has 3 aromatic rings. The molecule has 2 N–H and O–H groups in total. The molecular formula is C23H19N3O9S. The lowest BCUT2D eigenvalue weighted by molar-refractivity contribution is -0.123. The zero-order valence-corrected chi connectivity index (χ0v) is 19.7. The average Bonchev–Trinajstić information content (AvgIpc) is 3.55. The minimum Gasteiger partial charge on any atom is -0.463 e. The van der Waals surface area contributed by atoms with Crippen molar-refractivity contribution in [1.29, 1.82) is 0 Å². The summed E-state index contributed by atoms with van der Waals surface area (Å²) >= 11 is 0. The van der Waals surface area contributed by atoms with Crippen molar-refractivity contribution in [1.82, 2.24) is 14.9 Å². The topological polar surface area (TPSA) is 165 Å². The monoisotopic (exact) mass is 513 g/mol. The zero-order valence-electron chi connectivity index (χ0n) is 18.9. The van der Waals surface area contributed by atoms with Gasteiger partial charge in [-0.15, -0.1) is 0 Å². The smallest absolute Gasteiger partial charge is 0.373 e. The number of urea groups is 1. The molecule has 1 aliphatic rings. The van der Waals surface area contributed by atoms with Gasteiger partial charge in [0.05, 0.1) is 18.6 Å². The number of hydrogen-bond donors (Lipinski definition) is 2. The van der Waals surface area contributed by atoms with E-state index in [0.29, 0.717) is 11.3 Å². The van der Waals surface area contributed by atoms with Gasteiger partial charge in [0.15, 0.2) is 0 Å². The molecule has 0 unspecified atom stereocenters. The Hall–Kier alpha value is -4.65. The summed E-state index contributed by atoms with van der Waals surface area (Å²) in [5.41, 5.74) is 0.515. The van der Waals surface area contributed by atoms with Gasteiger partial charge in [-0.2, -0.15) is 0 Å². The predicted molar refractivity (Wildman–Crippen MR) is 122 cm³/mol. The number of hydrogen-bond acceptors (Lipinski definition) is 9. The molecule has 186 valence electrons. The maximum absolute atomic E-state index is 12.7. The first-order valence-corrected chi connectivity index (χ1v) is 11.8. The number of imide groups is 1. The zero-order chi connectivity index (χ0) is 26.0. The molecule has 4 amide bonds. The summed E-state index contributed by atoms with van der Waals surface area (Å²) in [4.78, 5) is 48.4. The molecular weight excluding hydrogens is 494 g/mol. The van der Waals surface area contributed by atoms with Gasteiger partial charge in [0.25, 0.3) is 15.9 Å². The van der Waals surface area contributed by atoms with E-state index in [-0.39, 0.29) is 34.4 Å². The highest BCUT2D eigenvalue weighted by Gasteiger charge is 2.34. The van der Waals surface area contributed by atoms with Gasteiger partial charge in [0.2, 0.25) is 11.7 Å². The molecule has 0 aliphatic carbocycles. The standard InChI is InChI=1S/C23H19N3O9S/c1-13(27)25-36(31,32)17-7-3-14(4-8-17)19-9-5-15(34-19)11-18-21(28)26(23(30)24-18)12-16-6-10-20(35-16)22(29)33-2/h3-11H,12H2,1-2H3,(H,24,30)(H,25,27)/b18-11-. The van der Waals surface area contributed by atoms with E-state index < -0.39 is 33.8 Å². The predicted octanol–water partition coefficient (Wildman–Crippen LogP) is 2.24. The van der Waals surface area contributed by atoms with Gasteiger partial charge >= 0.3 is 12.0 Å². The molecule has 0 bridgehead atoms. The molecule has 12 nitrogen and oxygen atoms in total. The van der Waals surface area contributed by atoms with Crippen LogP contribution in [0.2, 0.25) is 0 Å². The van der Waals surface area contributed by atoms with E-state index in [2.05, 4.69) is 10.1 Å². The van der Waals surface area contributed by atoms with E-state index in [1.807, 2.05) is 4.72 Å². The number of nitrogens with one attached hydrogen (secondary N) is 2. The first-order chi connectivity index (χ1) is 17.1. The van der Waals surface area contributed by atoms with E-state index >= 15 is 0 Å². The van der Waals surface area contributed by atoms with Crippen LogP contribution in [-0.2, 0) is 30.9 Å². The number of esters is 1. The summed E-state index contributed by atoms with van der Waals surface area (Å²) in [5, 5.41) is 2.46. The number of ether oxygens (including phenoxy) is 1. The molecule has 0 spiro atoms. The summed E-state index contributed by atoms with van der Waals surface area (Å²) < 4.78 is 41.6. The number of rotatable bonds is 7. The Morgan fingerprint density at radius 3 is 2.44 bits per heavy atom. The van der Waals surface area contributed by atoms with Crippen molar-refractivity contribution >= 4 is 39.9 Å². The molecule has 1 fully saturated rings. The van der Waals surface area contributed by atoms with Crippen LogP contribution in [0.25, 0.3) is 17.4 Å². The van der Waals surface area contributed by atoms with Gasteiger partial charge in [-0.05, 0) is 48.5 Å². The summed E-state index contributed by atoms with van der Waals surface area (Å²) in [6.07, 6.45) is 1.35. The fraction of sp³-hybridized carbons (Fsp3) is 0.130. The lowest BCUT2D eigenvalue weighted by Crippen LogP contribution is -2.30. The van der Waals surface area contributed by atoms with Crippen molar-refractivity contribution in [2.24, 2.45) is 0 Å². The van der Waals surface area contributed by atoms with Crippen LogP contribution in [0.3, 0.4) is 0 Å². The molecule has 3 heterocycles. The van der Waals surface area contributed by atoms with E-state index in [0.717, 1.165) is 11.8 Å². The second kappa shape index (κ2) is 9.54. The fourth-order valence-corrected chi connectivity index (χ4v) is 4.31. The third-order valence-corrected chi connectivity index (χ3v) is 6.41. The average molecular weight is 513 g/mol. The molecule has 0 saturated carbocycles. The highest BCUT2D eigenvalue weighted by Crippen LogP contribution is 2.26. The second-order valence-electron chi connectivity index (χ2n) is 7.53. The summed E-state index contributed by atoms with van der Waals surface area (Å²) in [6.45, 7) is 0.898. The molecule has 0 radical (unpaired) electrons. The van der Waals surface area contributed by atoms with Crippen LogP contribution in [0.15, 0.2) is 68.0 Å². The Balaban J connectivity index is 1.47. The largest absolute Gasteiger partial charge is 0.463 e. The van der Waals surface area contributed by atoms with Gasteiger partial charge in [-0.1, -0.05) is 0 Å². The number of carbonyl (C=O) groups is 4. The Labute approximate surface area is 204 Å². The number of carbonyl (C=O) groups excluding carboxylic acids is 4. The van der Waals surface area contributed by atoms with Gasteiger partial charge in [0.1, 0.15) is 23.0 Å². The minimum atomic E-state index is -3.96. The Morgan fingerprint density at radius 1 is 1.06 bits per heavy atom. The number of furan rings is 2. The summed E-state index contributed by atoms with van der Waals surface area (Å²) in [7, 11) is -2.76. The molecule has 4 rings (SSSR count).